The zero-order chi connectivity index (χ0) is 25.3. The van der Waals surface area contributed by atoms with E-state index in [1.165, 1.54) is 21.7 Å². The number of morpholine rings is 1. The van der Waals surface area contributed by atoms with Gasteiger partial charge in [-0.15, -0.1) is 21.5 Å². The van der Waals surface area contributed by atoms with Gasteiger partial charge in [0.2, 0.25) is 15.9 Å². The summed E-state index contributed by atoms with van der Waals surface area (Å²) in [7, 11) is -3.69. The minimum atomic E-state index is -3.69. The standard InChI is InChI=1S/C23H21ClN4O5S3/c1-14-6-7-15(12-18(14)36(30,31)28-8-10-32-11-9-28)25-19(29)13-34-23-27-26-22(33-23)21-20(24)16-4-2-3-5-17(16)35-21/h2-7,12H,8-11,13H2,1H3,(H,25,29). The molecule has 1 aliphatic heterocycles. The third kappa shape index (κ3) is 5.15. The Balaban J connectivity index is 1.24. The molecule has 0 unspecified atom stereocenters. The van der Waals surface area contributed by atoms with Crippen molar-refractivity contribution >= 4 is 66.4 Å². The Bertz CT molecular complexity index is 1530. The first-order chi connectivity index (χ1) is 17.3. The van der Waals surface area contributed by atoms with Crippen LogP contribution in [0.4, 0.5) is 5.69 Å². The number of ether oxygens (including phenoxy) is 1. The molecule has 1 amide bonds. The van der Waals surface area contributed by atoms with Crippen molar-refractivity contribution in [3.05, 3.63) is 53.1 Å². The zero-order valence-electron chi connectivity index (χ0n) is 19.1. The molecule has 3 heterocycles. The summed E-state index contributed by atoms with van der Waals surface area (Å²) in [4.78, 5) is 13.4. The van der Waals surface area contributed by atoms with E-state index < -0.39 is 10.0 Å². The molecule has 13 heteroatoms. The smallest absolute Gasteiger partial charge is 0.277 e. The maximum absolute atomic E-state index is 13.1. The first-order valence-corrected chi connectivity index (χ1v) is 14.6. The third-order valence-corrected chi connectivity index (χ3v) is 10.0. The maximum atomic E-state index is 13.1. The van der Waals surface area contributed by atoms with E-state index in [1.54, 1.807) is 19.1 Å². The predicted molar refractivity (Wildman–Crippen MR) is 140 cm³/mol. The molecule has 5 rings (SSSR count). The van der Waals surface area contributed by atoms with Gasteiger partial charge in [-0.2, -0.15) is 4.31 Å². The average Bonchev–Trinajstić information content (AvgIpc) is 3.49. The number of sulfonamides is 1. The number of carbonyl (C=O) groups is 1. The Kier molecular flexibility index (Phi) is 7.33. The van der Waals surface area contributed by atoms with Gasteiger partial charge in [-0.25, -0.2) is 8.42 Å². The molecule has 4 aromatic rings. The fourth-order valence-electron chi connectivity index (χ4n) is 3.72. The Morgan fingerprint density at radius 3 is 2.75 bits per heavy atom. The van der Waals surface area contributed by atoms with Crippen LogP contribution in [0.5, 0.6) is 0 Å². The molecule has 1 aliphatic rings. The van der Waals surface area contributed by atoms with Crippen molar-refractivity contribution in [1.82, 2.24) is 14.5 Å². The van der Waals surface area contributed by atoms with Gasteiger partial charge in [0.05, 0.1) is 28.9 Å². The van der Waals surface area contributed by atoms with Crippen molar-refractivity contribution in [2.75, 3.05) is 37.4 Å². The topological polar surface area (TPSA) is 115 Å². The Morgan fingerprint density at radius 2 is 1.97 bits per heavy atom. The molecule has 2 aromatic carbocycles. The highest BCUT2D eigenvalue weighted by atomic mass is 35.5. The number of halogens is 1. The Labute approximate surface area is 220 Å². The number of thioether (sulfide) groups is 1. The van der Waals surface area contributed by atoms with Crippen LogP contribution in [0.25, 0.3) is 20.9 Å². The summed E-state index contributed by atoms with van der Waals surface area (Å²) in [6, 6.07) is 12.6. The van der Waals surface area contributed by atoms with Gasteiger partial charge >= 0.3 is 0 Å². The summed E-state index contributed by atoms with van der Waals surface area (Å²) in [5, 5.41) is 12.5. The molecule has 188 valence electrons. The molecule has 0 atom stereocenters. The molecule has 2 aromatic heterocycles. The van der Waals surface area contributed by atoms with Gasteiger partial charge in [-0.1, -0.05) is 47.6 Å². The number of thiophene rings is 1. The number of nitrogens with zero attached hydrogens (tertiary/aromatic N) is 3. The molecule has 1 saturated heterocycles. The molecule has 0 radical (unpaired) electrons. The summed E-state index contributed by atoms with van der Waals surface area (Å²) in [5.74, 6) is -0.0416. The number of rotatable bonds is 7. The number of anilines is 1. The number of benzene rings is 2. The molecule has 0 spiro atoms. The molecular formula is C23H21ClN4O5S3. The number of aryl methyl sites for hydroxylation is 1. The van der Waals surface area contributed by atoms with Crippen molar-refractivity contribution in [2.24, 2.45) is 0 Å². The molecule has 1 fully saturated rings. The van der Waals surface area contributed by atoms with Gasteiger partial charge in [-0.05, 0) is 30.7 Å². The third-order valence-electron chi connectivity index (χ3n) is 5.52. The second kappa shape index (κ2) is 10.5. The van der Waals surface area contributed by atoms with Gasteiger partial charge in [0.1, 0.15) is 4.88 Å². The molecule has 0 saturated carbocycles. The van der Waals surface area contributed by atoms with Crippen LogP contribution in [0.2, 0.25) is 5.02 Å². The van der Waals surface area contributed by atoms with Gasteiger partial charge in [-0.3, -0.25) is 4.79 Å². The van der Waals surface area contributed by atoms with Crippen LogP contribution < -0.4 is 5.32 Å². The van der Waals surface area contributed by atoms with Crippen LogP contribution in [-0.4, -0.2) is 60.9 Å². The first-order valence-electron chi connectivity index (χ1n) is 10.9. The number of hydrogen-bond acceptors (Lipinski definition) is 9. The maximum Gasteiger partial charge on any atom is 0.277 e. The van der Waals surface area contributed by atoms with E-state index in [0.29, 0.717) is 53.3 Å². The van der Waals surface area contributed by atoms with E-state index in [9.17, 15) is 13.2 Å². The van der Waals surface area contributed by atoms with E-state index >= 15 is 0 Å². The Morgan fingerprint density at radius 1 is 1.19 bits per heavy atom. The lowest BCUT2D eigenvalue weighted by atomic mass is 10.2. The van der Waals surface area contributed by atoms with Crippen LogP contribution in [0.3, 0.4) is 0 Å². The van der Waals surface area contributed by atoms with Crippen LogP contribution in [0, 0.1) is 6.92 Å². The van der Waals surface area contributed by atoms with Crippen molar-refractivity contribution in [2.45, 2.75) is 17.0 Å². The van der Waals surface area contributed by atoms with Crippen LogP contribution in [-0.2, 0) is 19.6 Å². The largest absolute Gasteiger partial charge is 0.410 e. The van der Waals surface area contributed by atoms with E-state index in [2.05, 4.69) is 15.5 Å². The van der Waals surface area contributed by atoms with Crippen LogP contribution in [0.15, 0.2) is 57.0 Å². The summed E-state index contributed by atoms with van der Waals surface area (Å²) in [6.45, 7) is 3.05. The summed E-state index contributed by atoms with van der Waals surface area (Å²) < 4.78 is 39.5. The Hall–Kier alpha value is -2.48. The van der Waals surface area contributed by atoms with E-state index in [1.807, 2.05) is 24.3 Å². The minimum Gasteiger partial charge on any atom is -0.410 e. The highest BCUT2D eigenvalue weighted by molar-refractivity contribution is 7.99. The fraction of sp³-hybridized carbons (Fsp3) is 0.261. The lowest BCUT2D eigenvalue weighted by molar-refractivity contribution is -0.113. The monoisotopic (exact) mass is 564 g/mol. The number of fused-ring (bicyclic) bond motifs is 1. The minimum absolute atomic E-state index is 0.00120. The van der Waals surface area contributed by atoms with E-state index in [4.69, 9.17) is 20.8 Å². The SMILES string of the molecule is Cc1ccc(NC(=O)CSc2nnc(-c3sc4ccccc4c3Cl)o2)cc1S(=O)(=O)N1CCOCC1. The summed E-state index contributed by atoms with van der Waals surface area (Å²) in [5.41, 5.74) is 0.994. The normalized spacial score (nSPS) is 14.8. The molecule has 1 N–H and O–H groups in total. The molecular weight excluding hydrogens is 544 g/mol. The zero-order valence-corrected chi connectivity index (χ0v) is 22.3. The number of carbonyl (C=O) groups excluding carboxylic acids is 1. The summed E-state index contributed by atoms with van der Waals surface area (Å²) in [6.07, 6.45) is 0. The van der Waals surface area contributed by atoms with Gasteiger partial charge < -0.3 is 14.5 Å². The van der Waals surface area contributed by atoms with E-state index in [0.717, 1.165) is 21.8 Å². The second-order valence-corrected chi connectivity index (χ2v) is 12.2. The molecule has 36 heavy (non-hydrogen) atoms. The quantitative estimate of drug-likeness (QED) is 0.322. The second-order valence-electron chi connectivity index (χ2n) is 7.95. The van der Waals surface area contributed by atoms with Crippen LogP contribution in [0.1, 0.15) is 5.56 Å². The number of nitrogens with one attached hydrogen (secondary N) is 1. The van der Waals surface area contributed by atoms with Crippen molar-refractivity contribution in [3.63, 3.8) is 0 Å². The number of hydrogen-bond donors (Lipinski definition) is 1. The average molecular weight is 565 g/mol. The first kappa shape index (κ1) is 25.2. The lowest BCUT2D eigenvalue weighted by Crippen LogP contribution is -2.40. The van der Waals surface area contributed by atoms with E-state index in [-0.39, 0.29) is 21.8 Å². The van der Waals surface area contributed by atoms with Crippen molar-refractivity contribution in [1.29, 1.82) is 0 Å². The van der Waals surface area contributed by atoms with Crippen molar-refractivity contribution < 1.29 is 22.4 Å². The highest BCUT2D eigenvalue weighted by Crippen LogP contribution is 2.41. The number of amides is 1. The van der Waals surface area contributed by atoms with Crippen molar-refractivity contribution in [3.8, 4) is 10.8 Å². The van der Waals surface area contributed by atoms with Gasteiger partial charge in [0.15, 0.2) is 0 Å². The highest BCUT2D eigenvalue weighted by Gasteiger charge is 2.28. The van der Waals surface area contributed by atoms with Gasteiger partial charge in [0, 0.05) is 28.9 Å². The van der Waals surface area contributed by atoms with Crippen LogP contribution >= 0.6 is 34.7 Å². The molecule has 9 nitrogen and oxygen atoms in total. The number of aromatic nitrogens is 2. The molecule has 0 aliphatic carbocycles. The lowest BCUT2D eigenvalue weighted by Gasteiger charge is -2.26. The molecule has 0 bridgehead atoms. The summed E-state index contributed by atoms with van der Waals surface area (Å²) >= 11 is 9.02. The predicted octanol–water partition coefficient (Wildman–Crippen LogP) is 4.66. The fourth-order valence-corrected chi connectivity index (χ4v) is 7.37. The van der Waals surface area contributed by atoms with Gasteiger partial charge in [0.25, 0.3) is 11.1 Å².